The first-order chi connectivity index (χ1) is 12.9. The van der Waals surface area contributed by atoms with Crippen LogP contribution in [0.4, 0.5) is 5.00 Å². The topological polar surface area (TPSA) is 108 Å². The molecule has 0 fully saturated rings. The molecular weight excluding hydrogens is 368 g/mol. The summed E-state index contributed by atoms with van der Waals surface area (Å²) in [7, 11) is 0. The number of hydrogen-bond acceptors (Lipinski definition) is 6. The van der Waals surface area contributed by atoms with Crippen molar-refractivity contribution in [2.45, 2.75) is 32.8 Å². The molecule has 1 atom stereocenters. The third kappa shape index (κ3) is 5.82. The van der Waals surface area contributed by atoms with Gasteiger partial charge in [-0.3, -0.25) is 9.59 Å². The van der Waals surface area contributed by atoms with Gasteiger partial charge in [0.1, 0.15) is 10.8 Å². The maximum atomic E-state index is 12.2. The van der Waals surface area contributed by atoms with Crippen LogP contribution in [-0.2, 0) is 9.53 Å². The second-order valence-electron chi connectivity index (χ2n) is 5.79. The molecular formula is C19H22N2O5S. The molecule has 0 saturated carbocycles. The van der Waals surface area contributed by atoms with E-state index in [1.165, 1.54) is 13.0 Å². The van der Waals surface area contributed by atoms with Crippen molar-refractivity contribution in [3.8, 4) is 5.75 Å². The van der Waals surface area contributed by atoms with Crippen molar-refractivity contribution in [3.63, 3.8) is 0 Å². The number of unbranched alkanes of at least 4 members (excludes halogenated alkanes) is 1. The van der Waals surface area contributed by atoms with E-state index in [1.807, 2.05) is 0 Å². The normalized spacial score (nSPS) is 11.5. The summed E-state index contributed by atoms with van der Waals surface area (Å²) in [5.74, 6) is -1.15. The van der Waals surface area contributed by atoms with E-state index < -0.39 is 23.9 Å². The van der Waals surface area contributed by atoms with Crippen LogP contribution in [0.3, 0.4) is 0 Å². The van der Waals surface area contributed by atoms with E-state index in [1.54, 1.807) is 29.6 Å². The highest BCUT2D eigenvalue weighted by molar-refractivity contribution is 7.14. The largest absolute Gasteiger partial charge is 0.494 e. The fraction of sp³-hybridized carbons (Fsp3) is 0.316. The quantitative estimate of drug-likeness (QED) is 0.505. The molecule has 1 unspecified atom stereocenters. The Bertz CT molecular complexity index is 801. The van der Waals surface area contributed by atoms with Crippen LogP contribution in [0.25, 0.3) is 0 Å². The molecule has 2 rings (SSSR count). The first-order valence-corrected chi connectivity index (χ1v) is 9.42. The van der Waals surface area contributed by atoms with Crippen molar-refractivity contribution in [1.29, 1.82) is 0 Å². The van der Waals surface area contributed by atoms with Crippen molar-refractivity contribution in [1.82, 2.24) is 0 Å². The highest BCUT2D eigenvalue weighted by atomic mass is 32.1. The molecule has 3 N–H and O–H groups in total. The van der Waals surface area contributed by atoms with Gasteiger partial charge in [-0.25, -0.2) is 4.79 Å². The Morgan fingerprint density at radius 3 is 2.52 bits per heavy atom. The number of amides is 2. The number of anilines is 1. The van der Waals surface area contributed by atoms with Crippen LogP contribution in [0.5, 0.6) is 5.75 Å². The number of hydrogen-bond donors (Lipinski definition) is 2. The molecule has 2 aromatic rings. The zero-order chi connectivity index (χ0) is 19.8. The van der Waals surface area contributed by atoms with Gasteiger partial charge in [0.05, 0.1) is 17.7 Å². The van der Waals surface area contributed by atoms with Crippen LogP contribution < -0.4 is 15.8 Å². The summed E-state index contributed by atoms with van der Waals surface area (Å²) in [6, 6.07) is 8.05. The second-order valence-corrected chi connectivity index (χ2v) is 6.71. The van der Waals surface area contributed by atoms with Gasteiger partial charge in [0.15, 0.2) is 6.10 Å². The number of rotatable bonds is 9. The Morgan fingerprint density at radius 2 is 1.89 bits per heavy atom. The van der Waals surface area contributed by atoms with Gasteiger partial charge in [-0.05, 0) is 49.1 Å². The monoisotopic (exact) mass is 390 g/mol. The number of benzene rings is 1. The predicted molar refractivity (Wildman–Crippen MR) is 103 cm³/mol. The van der Waals surface area contributed by atoms with E-state index in [9.17, 15) is 14.4 Å². The first kappa shape index (κ1) is 20.4. The van der Waals surface area contributed by atoms with E-state index in [0.717, 1.165) is 24.2 Å². The van der Waals surface area contributed by atoms with Crippen LogP contribution >= 0.6 is 11.3 Å². The summed E-state index contributed by atoms with van der Waals surface area (Å²) in [4.78, 5) is 35.7. The number of nitrogens with one attached hydrogen (secondary N) is 1. The molecule has 0 aliphatic carbocycles. The Kier molecular flexibility index (Phi) is 7.36. The molecule has 144 valence electrons. The molecule has 0 radical (unpaired) electrons. The lowest BCUT2D eigenvalue weighted by Gasteiger charge is -2.13. The molecule has 0 bridgehead atoms. The standard InChI is InChI=1S/C19H22N2O5S/c1-3-4-10-25-14-7-5-13(6-8-14)19(24)26-12(2)17(23)21-18-15(16(20)22)9-11-27-18/h5-9,11-12H,3-4,10H2,1-2H3,(H2,20,22)(H,21,23). The van der Waals surface area contributed by atoms with Crippen molar-refractivity contribution in [2.75, 3.05) is 11.9 Å². The number of ether oxygens (including phenoxy) is 2. The van der Waals surface area contributed by atoms with Gasteiger partial charge in [-0.2, -0.15) is 0 Å². The molecule has 8 heteroatoms. The molecule has 1 aromatic heterocycles. The lowest BCUT2D eigenvalue weighted by molar-refractivity contribution is -0.123. The van der Waals surface area contributed by atoms with Crippen molar-refractivity contribution < 1.29 is 23.9 Å². The van der Waals surface area contributed by atoms with Crippen LogP contribution in [0.1, 0.15) is 47.4 Å². The molecule has 1 heterocycles. The molecule has 0 saturated heterocycles. The van der Waals surface area contributed by atoms with Crippen molar-refractivity contribution in [2.24, 2.45) is 5.73 Å². The fourth-order valence-electron chi connectivity index (χ4n) is 2.12. The highest BCUT2D eigenvalue weighted by Crippen LogP contribution is 2.23. The number of primary amides is 1. The van der Waals surface area contributed by atoms with Crippen molar-refractivity contribution >= 4 is 34.1 Å². The molecule has 0 spiro atoms. The first-order valence-electron chi connectivity index (χ1n) is 8.54. The molecule has 27 heavy (non-hydrogen) atoms. The summed E-state index contributed by atoms with van der Waals surface area (Å²) in [6.45, 7) is 4.15. The van der Waals surface area contributed by atoms with Crippen LogP contribution in [0.15, 0.2) is 35.7 Å². The van der Waals surface area contributed by atoms with Gasteiger partial charge >= 0.3 is 5.97 Å². The average molecular weight is 390 g/mol. The van der Waals surface area contributed by atoms with Gasteiger partial charge in [-0.1, -0.05) is 13.3 Å². The molecule has 7 nitrogen and oxygen atoms in total. The van der Waals surface area contributed by atoms with Crippen LogP contribution in [0.2, 0.25) is 0 Å². The zero-order valence-electron chi connectivity index (χ0n) is 15.2. The van der Waals surface area contributed by atoms with Crippen molar-refractivity contribution in [3.05, 3.63) is 46.8 Å². The summed E-state index contributed by atoms with van der Waals surface area (Å²) in [6.07, 6.45) is 0.954. The summed E-state index contributed by atoms with van der Waals surface area (Å²) < 4.78 is 10.7. The minimum atomic E-state index is -1.04. The van der Waals surface area contributed by atoms with E-state index in [2.05, 4.69) is 12.2 Å². The maximum absolute atomic E-state index is 12.2. The molecule has 0 aliphatic heterocycles. The number of esters is 1. The Morgan fingerprint density at radius 1 is 1.19 bits per heavy atom. The maximum Gasteiger partial charge on any atom is 0.338 e. The summed E-state index contributed by atoms with van der Waals surface area (Å²) in [5, 5.41) is 4.51. The van der Waals surface area contributed by atoms with Gasteiger partial charge in [-0.15, -0.1) is 11.3 Å². The second kappa shape index (κ2) is 9.72. The minimum Gasteiger partial charge on any atom is -0.494 e. The zero-order valence-corrected chi connectivity index (χ0v) is 16.0. The van der Waals surface area contributed by atoms with Crippen LogP contribution in [0, 0.1) is 0 Å². The number of carbonyl (C=O) groups is 3. The fourth-order valence-corrected chi connectivity index (χ4v) is 2.91. The average Bonchev–Trinajstić information content (AvgIpc) is 3.10. The van der Waals surface area contributed by atoms with E-state index in [0.29, 0.717) is 22.9 Å². The number of nitrogens with two attached hydrogens (primary N) is 1. The third-order valence-corrected chi connectivity index (χ3v) is 4.51. The summed E-state index contributed by atoms with van der Waals surface area (Å²) >= 11 is 1.16. The third-order valence-electron chi connectivity index (χ3n) is 3.68. The van der Waals surface area contributed by atoms with E-state index in [4.69, 9.17) is 15.2 Å². The minimum absolute atomic E-state index is 0.213. The Balaban J connectivity index is 1.91. The lowest BCUT2D eigenvalue weighted by Crippen LogP contribution is -2.30. The smallest absolute Gasteiger partial charge is 0.338 e. The van der Waals surface area contributed by atoms with E-state index >= 15 is 0 Å². The van der Waals surface area contributed by atoms with E-state index in [-0.39, 0.29) is 5.56 Å². The van der Waals surface area contributed by atoms with Gasteiger partial charge in [0.25, 0.3) is 11.8 Å². The molecule has 1 aromatic carbocycles. The van der Waals surface area contributed by atoms with Gasteiger partial charge < -0.3 is 20.5 Å². The van der Waals surface area contributed by atoms with Gasteiger partial charge in [0, 0.05) is 0 Å². The van der Waals surface area contributed by atoms with Gasteiger partial charge in [0.2, 0.25) is 0 Å². The number of carbonyl (C=O) groups excluding carboxylic acids is 3. The van der Waals surface area contributed by atoms with Crippen LogP contribution in [-0.4, -0.2) is 30.5 Å². The molecule has 0 aliphatic rings. The highest BCUT2D eigenvalue weighted by Gasteiger charge is 2.21. The number of thiophene rings is 1. The Labute approximate surface area is 161 Å². The SMILES string of the molecule is CCCCOc1ccc(C(=O)OC(C)C(=O)Nc2sccc2C(N)=O)cc1. The summed E-state index contributed by atoms with van der Waals surface area (Å²) in [5.41, 5.74) is 5.76. The Hall–Kier alpha value is -2.87. The predicted octanol–water partition coefficient (Wildman–Crippen LogP) is 3.21. The lowest BCUT2D eigenvalue weighted by atomic mass is 10.2. The molecule has 2 amide bonds.